The highest BCUT2D eigenvalue weighted by Crippen LogP contribution is 2.24. The number of aliphatic hydroxyl groups is 2. The molecule has 0 spiro atoms. The molecule has 7 heteroatoms. The molecule has 2 unspecified atom stereocenters. The van der Waals surface area contributed by atoms with Gasteiger partial charge in [-0.1, -0.05) is 0 Å². The van der Waals surface area contributed by atoms with E-state index in [4.69, 9.17) is 16.2 Å². The van der Waals surface area contributed by atoms with Crippen molar-refractivity contribution >= 4 is 11.7 Å². The number of nitrogen functional groups attached to an aromatic ring is 1. The molecule has 1 aromatic rings. The zero-order chi connectivity index (χ0) is 12.3. The maximum Gasteiger partial charge on any atom is 0.249 e. The Morgan fingerprint density at radius 1 is 1.56 bits per heavy atom. The molecule has 0 fully saturated rings. The van der Waals surface area contributed by atoms with Crippen LogP contribution in [0.1, 0.15) is 11.7 Å². The molecule has 0 aliphatic rings. The van der Waals surface area contributed by atoms with Gasteiger partial charge in [-0.05, 0) is 6.07 Å². The summed E-state index contributed by atoms with van der Waals surface area (Å²) in [4.78, 5) is 14.4. The van der Waals surface area contributed by atoms with Gasteiger partial charge in [-0.25, -0.2) is 4.98 Å². The number of methoxy groups -OCH3 is 1. The molecule has 0 aromatic carbocycles. The highest BCUT2D eigenvalue weighted by molar-refractivity contribution is 5.79. The van der Waals surface area contributed by atoms with Gasteiger partial charge >= 0.3 is 0 Å². The molecule has 7 nitrogen and oxygen atoms in total. The van der Waals surface area contributed by atoms with Crippen LogP contribution >= 0.6 is 0 Å². The Bertz CT molecular complexity index is 396. The molecule has 0 saturated carbocycles. The van der Waals surface area contributed by atoms with Crippen LogP contribution < -0.4 is 16.2 Å². The Morgan fingerprint density at radius 3 is 2.69 bits per heavy atom. The van der Waals surface area contributed by atoms with E-state index in [1.165, 1.54) is 19.4 Å². The van der Waals surface area contributed by atoms with E-state index in [2.05, 4.69) is 4.98 Å². The first-order chi connectivity index (χ1) is 7.47. The average molecular weight is 227 g/mol. The largest absolute Gasteiger partial charge is 0.493 e. The number of aliphatic hydroxyl groups excluding tert-OH is 2. The number of hydrogen-bond donors (Lipinski definition) is 4. The number of nitrogens with zero attached hydrogens (tertiary/aromatic N) is 1. The van der Waals surface area contributed by atoms with Gasteiger partial charge in [-0.2, -0.15) is 0 Å². The lowest BCUT2D eigenvalue weighted by Gasteiger charge is -2.15. The molecule has 0 aliphatic heterocycles. The van der Waals surface area contributed by atoms with Gasteiger partial charge < -0.3 is 26.4 Å². The lowest BCUT2D eigenvalue weighted by Crippen LogP contribution is -2.33. The van der Waals surface area contributed by atoms with Gasteiger partial charge in [0.25, 0.3) is 0 Å². The number of primary amides is 1. The zero-order valence-corrected chi connectivity index (χ0v) is 8.62. The number of nitrogens with two attached hydrogens (primary N) is 2. The van der Waals surface area contributed by atoms with Gasteiger partial charge in [0.1, 0.15) is 6.10 Å². The molecule has 16 heavy (non-hydrogen) atoms. The first kappa shape index (κ1) is 12.2. The molecule has 1 heterocycles. The Labute approximate surface area is 91.7 Å². The van der Waals surface area contributed by atoms with Crippen LogP contribution in [0.5, 0.6) is 5.75 Å². The monoisotopic (exact) mass is 227 g/mol. The first-order valence-corrected chi connectivity index (χ1v) is 4.42. The quantitative estimate of drug-likeness (QED) is 0.497. The molecule has 88 valence electrons. The molecule has 1 aromatic heterocycles. The van der Waals surface area contributed by atoms with E-state index < -0.39 is 18.1 Å². The number of aromatic nitrogens is 1. The van der Waals surface area contributed by atoms with E-state index in [1.54, 1.807) is 0 Å². The molecule has 0 radical (unpaired) electrons. The van der Waals surface area contributed by atoms with Crippen molar-refractivity contribution in [1.82, 2.24) is 4.98 Å². The Balaban J connectivity index is 3.00. The van der Waals surface area contributed by atoms with E-state index >= 15 is 0 Å². The van der Waals surface area contributed by atoms with Crippen molar-refractivity contribution in [1.29, 1.82) is 0 Å². The number of hydrogen-bond acceptors (Lipinski definition) is 6. The topological polar surface area (TPSA) is 132 Å². The van der Waals surface area contributed by atoms with E-state index in [1.807, 2.05) is 0 Å². The summed E-state index contributed by atoms with van der Waals surface area (Å²) >= 11 is 0. The van der Waals surface area contributed by atoms with Crippen molar-refractivity contribution in [2.75, 3.05) is 12.8 Å². The molecule has 0 saturated heterocycles. The lowest BCUT2D eigenvalue weighted by molar-refractivity contribution is -0.131. The van der Waals surface area contributed by atoms with Crippen LogP contribution in [-0.2, 0) is 4.79 Å². The maximum atomic E-state index is 10.7. The standard InChI is InChI=1S/C9H13N3O4/c1-16-5-2-4(3-12-8(5)10)6(13)7(14)9(11)15/h2-3,6-7,13-14H,1H3,(H2,10,12)(H2,11,15). The van der Waals surface area contributed by atoms with Gasteiger partial charge in [0.2, 0.25) is 5.91 Å². The third-order valence-electron chi connectivity index (χ3n) is 2.05. The minimum atomic E-state index is -1.70. The fourth-order valence-corrected chi connectivity index (χ4v) is 1.13. The average Bonchev–Trinajstić information content (AvgIpc) is 2.27. The molecule has 2 atom stereocenters. The van der Waals surface area contributed by atoms with Crippen molar-refractivity contribution in [3.05, 3.63) is 17.8 Å². The van der Waals surface area contributed by atoms with Crippen molar-refractivity contribution < 1.29 is 19.7 Å². The van der Waals surface area contributed by atoms with Crippen LogP contribution in [0.4, 0.5) is 5.82 Å². The van der Waals surface area contributed by atoms with Crippen LogP contribution in [0.25, 0.3) is 0 Å². The molecular weight excluding hydrogens is 214 g/mol. The van der Waals surface area contributed by atoms with E-state index in [0.29, 0.717) is 0 Å². The molecular formula is C9H13N3O4. The summed E-state index contributed by atoms with van der Waals surface area (Å²) in [5.41, 5.74) is 10.5. The second kappa shape index (κ2) is 4.77. The lowest BCUT2D eigenvalue weighted by atomic mass is 10.1. The van der Waals surface area contributed by atoms with Crippen LogP contribution in [0, 0.1) is 0 Å². The first-order valence-electron chi connectivity index (χ1n) is 4.42. The summed E-state index contributed by atoms with van der Waals surface area (Å²) in [6.45, 7) is 0. The molecule has 1 rings (SSSR count). The van der Waals surface area contributed by atoms with Crippen molar-refractivity contribution in [2.24, 2.45) is 5.73 Å². The smallest absolute Gasteiger partial charge is 0.249 e. The Hall–Kier alpha value is -1.86. The summed E-state index contributed by atoms with van der Waals surface area (Å²) in [7, 11) is 1.38. The minimum absolute atomic E-state index is 0.145. The molecule has 0 aliphatic carbocycles. The zero-order valence-electron chi connectivity index (χ0n) is 8.62. The molecule has 6 N–H and O–H groups in total. The number of carbonyl (C=O) groups excluding carboxylic acids is 1. The van der Waals surface area contributed by atoms with Crippen LogP contribution in [-0.4, -0.2) is 34.3 Å². The summed E-state index contributed by atoms with van der Waals surface area (Å²) in [5.74, 6) is -0.636. The van der Waals surface area contributed by atoms with Gasteiger partial charge in [0.05, 0.1) is 7.11 Å². The molecule has 0 bridgehead atoms. The fraction of sp³-hybridized carbons (Fsp3) is 0.333. The summed E-state index contributed by atoms with van der Waals surface area (Å²) < 4.78 is 4.88. The third kappa shape index (κ3) is 2.38. The van der Waals surface area contributed by atoms with E-state index in [-0.39, 0.29) is 17.1 Å². The second-order valence-electron chi connectivity index (χ2n) is 3.15. The van der Waals surface area contributed by atoms with Crippen LogP contribution in [0.15, 0.2) is 12.3 Å². The second-order valence-corrected chi connectivity index (χ2v) is 3.15. The maximum absolute atomic E-state index is 10.7. The van der Waals surface area contributed by atoms with Gasteiger partial charge in [0, 0.05) is 11.8 Å². The number of carbonyl (C=O) groups is 1. The van der Waals surface area contributed by atoms with Crippen molar-refractivity contribution in [3.8, 4) is 5.75 Å². The van der Waals surface area contributed by atoms with Crippen LogP contribution in [0.2, 0.25) is 0 Å². The Morgan fingerprint density at radius 2 is 2.19 bits per heavy atom. The van der Waals surface area contributed by atoms with E-state index in [0.717, 1.165) is 0 Å². The highest BCUT2D eigenvalue weighted by Gasteiger charge is 2.24. The van der Waals surface area contributed by atoms with Crippen molar-refractivity contribution in [3.63, 3.8) is 0 Å². The van der Waals surface area contributed by atoms with Gasteiger partial charge in [-0.3, -0.25) is 4.79 Å². The summed E-state index contributed by atoms with van der Waals surface area (Å²) in [5, 5.41) is 18.8. The van der Waals surface area contributed by atoms with Gasteiger partial charge in [-0.15, -0.1) is 0 Å². The summed E-state index contributed by atoms with van der Waals surface area (Å²) in [6.07, 6.45) is -1.93. The predicted octanol–water partition coefficient (Wildman–Crippen LogP) is -1.45. The fourth-order valence-electron chi connectivity index (χ4n) is 1.13. The normalized spacial score (nSPS) is 14.2. The SMILES string of the molecule is COc1cc(C(O)C(O)C(N)=O)cnc1N. The Kier molecular flexibility index (Phi) is 3.64. The van der Waals surface area contributed by atoms with Crippen LogP contribution in [0.3, 0.4) is 0 Å². The number of anilines is 1. The third-order valence-corrected chi connectivity index (χ3v) is 2.05. The predicted molar refractivity (Wildman–Crippen MR) is 55.4 cm³/mol. The number of rotatable bonds is 4. The summed E-state index contributed by atoms with van der Waals surface area (Å²) in [6, 6.07) is 1.37. The minimum Gasteiger partial charge on any atom is -0.493 e. The molecule has 1 amide bonds. The van der Waals surface area contributed by atoms with Crippen molar-refractivity contribution in [2.45, 2.75) is 12.2 Å². The number of amides is 1. The van der Waals surface area contributed by atoms with E-state index in [9.17, 15) is 15.0 Å². The number of ether oxygens (including phenoxy) is 1. The van der Waals surface area contributed by atoms with Gasteiger partial charge in [0.15, 0.2) is 17.7 Å². The number of pyridine rings is 1. The highest BCUT2D eigenvalue weighted by atomic mass is 16.5.